The highest BCUT2D eigenvalue weighted by atomic mass is 32.1. The Balaban J connectivity index is 2.29. The molecule has 1 unspecified atom stereocenters. The maximum Gasteiger partial charge on any atom is 0.132 e. The van der Waals surface area contributed by atoms with Crippen molar-refractivity contribution < 1.29 is 4.79 Å². The van der Waals surface area contributed by atoms with Crippen molar-refractivity contribution in [3.8, 4) is 0 Å². The van der Waals surface area contributed by atoms with Gasteiger partial charge in [-0.15, -0.1) is 0 Å². The minimum absolute atomic E-state index is 0.429. The molecule has 0 aromatic carbocycles. The topological polar surface area (TPSA) is 17.1 Å². The molecule has 1 aliphatic carbocycles. The molecule has 10 heavy (non-hydrogen) atoms. The second kappa shape index (κ2) is 4.02. The third-order valence-corrected chi connectivity index (χ3v) is 2.52. The van der Waals surface area contributed by atoms with Crippen LogP contribution >= 0.6 is 12.6 Å². The van der Waals surface area contributed by atoms with Crippen LogP contribution in [-0.2, 0) is 4.79 Å². The van der Waals surface area contributed by atoms with Gasteiger partial charge in [0.25, 0.3) is 0 Å². The number of thiol groups is 1. The molecule has 58 valence electrons. The van der Waals surface area contributed by atoms with Gasteiger partial charge in [0.2, 0.25) is 0 Å². The zero-order valence-corrected chi connectivity index (χ0v) is 7.07. The molecular weight excluding hydrogens is 144 g/mol. The van der Waals surface area contributed by atoms with Crippen LogP contribution in [0, 0.1) is 0 Å². The Morgan fingerprint density at radius 3 is 2.80 bits per heavy atom. The Kier molecular flexibility index (Phi) is 3.26. The monoisotopic (exact) mass is 158 g/mol. The fraction of sp³-hybridized carbons (Fsp3) is 0.875. The van der Waals surface area contributed by atoms with Crippen molar-refractivity contribution in [1.29, 1.82) is 0 Å². The van der Waals surface area contributed by atoms with E-state index in [1.165, 1.54) is 12.8 Å². The molecule has 0 bridgehead atoms. The van der Waals surface area contributed by atoms with Gasteiger partial charge in [0, 0.05) is 18.1 Å². The largest absolute Gasteiger partial charge is 0.300 e. The van der Waals surface area contributed by atoms with Gasteiger partial charge in [-0.1, -0.05) is 6.42 Å². The molecule has 0 spiro atoms. The summed E-state index contributed by atoms with van der Waals surface area (Å²) in [6.07, 6.45) is 6.00. The Morgan fingerprint density at radius 2 is 2.00 bits per heavy atom. The second-order valence-corrected chi connectivity index (χ2v) is 3.71. The highest BCUT2D eigenvalue weighted by molar-refractivity contribution is 7.80. The quantitative estimate of drug-likeness (QED) is 0.535. The van der Waals surface area contributed by atoms with Crippen molar-refractivity contribution in [2.24, 2.45) is 0 Å². The van der Waals surface area contributed by atoms with Crippen LogP contribution < -0.4 is 0 Å². The van der Waals surface area contributed by atoms with E-state index in [9.17, 15) is 4.79 Å². The van der Waals surface area contributed by atoms with Crippen LogP contribution in [0.5, 0.6) is 0 Å². The number of carbonyl (C=O) groups excluding carboxylic acids is 1. The Labute approximate surface area is 67.6 Å². The van der Waals surface area contributed by atoms with E-state index < -0.39 is 0 Å². The van der Waals surface area contributed by atoms with Gasteiger partial charge in [-0.2, -0.15) is 12.6 Å². The number of ketones is 1. The summed E-state index contributed by atoms with van der Waals surface area (Å²) < 4.78 is 0. The Hall–Kier alpha value is 0.0200. The summed E-state index contributed by atoms with van der Waals surface area (Å²) in [5.41, 5.74) is 0. The molecule has 0 heterocycles. The number of carbonyl (C=O) groups is 1. The van der Waals surface area contributed by atoms with Gasteiger partial charge in [0.05, 0.1) is 0 Å². The van der Waals surface area contributed by atoms with Crippen molar-refractivity contribution in [1.82, 2.24) is 0 Å². The first-order chi connectivity index (χ1) is 4.79. The molecule has 1 fully saturated rings. The van der Waals surface area contributed by atoms with Crippen LogP contribution in [0.3, 0.4) is 0 Å². The molecule has 1 atom stereocenters. The molecule has 0 aliphatic heterocycles. The number of Topliss-reactive ketones (excluding diaryl/α,β-unsaturated/α-hetero) is 1. The Morgan fingerprint density at radius 1 is 1.20 bits per heavy atom. The molecule has 0 N–H and O–H groups in total. The van der Waals surface area contributed by atoms with E-state index >= 15 is 0 Å². The maximum atomic E-state index is 10.9. The van der Waals surface area contributed by atoms with E-state index in [4.69, 9.17) is 0 Å². The minimum atomic E-state index is 0.429. The molecule has 0 saturated heterocycles. The smallest absolute Gasteiger partial charge is 0.132 e. The fourth-order valence-corrected chi connectivity index (χ4v) is 1.61. The van der Waals surface area contributed by atoms with Gasteiger partial charge < -0.3 is 0 Å². The lowest BCUT2D eigenvalue weighted by Crippen LogP contribution is -2.08. The number of hydrogen-bond acceptors (Lipinski definition) is 2. The van der Waals surface area contributed by atoms with Crippen molar-refractivity contribution in [2.45, 2.75) is 43.8 Å². The predicted octanol–water partition coefficient (Wildman–Crippen LogP) is 2.21. The number of hydrogen-bond donors (Lipinski definition) is 1. The van der Waals surface area contributed by atoms with Crippen molar-refractivity contribution >= 4 is 18.4 Å². The van der Waals surface area contributed by atoms with Crippen LogP contribution in [0.15, 0.2) is 0 Å². The summed E-state index contributed by atoms with van der Waals surface area (Å²) in [7, 11) is 0. The molecule has 0 amide bonds. The summed E-state index contributed by atoms with van der Waals surface area (Å²) in [5.74, 6) is 0.429. The van der Waals surface area contributed by atoms with Crippen LogP contribution in [0.25, 0.3) is 0 Å². The zero-order chi connectivity index (χ0) is 7.40. The molecule has 0 aromatic rings. The van der Waals surface area contributed by atoms with E-state index in [1.54, 1.807) is 0 Å². The average Bonchev–Trinajstić information content (AvgIpc) is 1.90. The normalized spacial score (nSPS) is 29.3. The first kappa shape index (κ1) is 8.12. The molecule has 1 saturated carbocycles. The highest BCUT2D eigenvalue weighted by Gasteiger charge is 2.10. The predicted molar refractivity (Wildman–Crippen MR) is 45.5 cm³/mol. The highest BCUT2D eigenvalue weighted by Crippen LogP contribution is 2.18. The SMILES string of the molecule is O=C1CCCCC(S)CC1. The van der Waals surface area contributed by atoms with E-state index in [1.807, 2.05) is 0 Å². The lowest BCUT2D eigenvalue weighted by molar-refractivity contribution is -0.119. The summed E-state index contributed by atoms with van der Waals surface area (Å²) in [5, 5.41) is 0.476. The average molecular weight is 158 g/mol. The third kappa shape index (κ3) is 2.74. The van der Waals surface area contributed by atoms with Crippen LogP contribution in [0.2, 0.25) is 0 Å². The zero-order valence-electron chi connectivity index (χ0n) is 6.18. The van der Waals surface area contributed by atoms with Crippen LogP contribution in [-0.4, -0.2) is 11.0 Å². The van der Waals surface area contributed by atoms with Gasteiger partial charge in [0.15, 0.2) is 0 Å². The maximum absolute atomic E-state index is 10.9. The molecule has 1 rings (SSSR count). The van der Waals surface area contributed by atoms with Crippen LogP contribution in [0.1, 0.15) is 38.5 Å². The minimum Gasteiger partial charge on any atom is -0.300 e. The molecule has 1 nitrogen and oxygen atoms in total. The van der Waals surface area contributed by atoms with Gasteiger partial charge in [-0.05, 0) is 19.3 Å². The molecule has 0 radical (unpaired) electrons. The molecule has 1 aliphatic rings. The summed E-state index contributed by atoms with van der Waals surface area (Å²) in [6.45, 7) is 0. The lowest BCUT2D eigenvalue weighted by Gasteiger charge is -2.12. The summed E-state index contributed by atoms with van der Waals surface area (Å²) >= 11 is 4.37. The van der Waals surface area contributed by atoms with E-state index in [0.717, 1.165) is 25.7 Å². The van der Waals surface area contributed by atoms with Gasteiger partial charge in [-0.25, -0.2) is 0 Å². The summed E-state index contributed by atoms with van der Waals surface area (Å²) in [4.78, 5) is 10.9. The van der Waals surface area contributed by atoms with Crippen LogP contribution in [0.4, 0.5) is 0 Å². The molecule has 0 aromatic heterocycles. The molecular formula is C8H14OS. The standard InChI is InChI=1S/C8H14OS/c9-7-3-1-2-4-8(10)6-5-7/h8,10H,1-6H2. The third-order valence-electron chi connectivity index (χ3n) is 2.00. The first-order valence-corrected chi connectivity index (χ1v) is 4.50. The van der Waals surface area contributed by atoms with Gasteiger partial charge >= 0.3 is 0 Å². The van der Waals surface area contributed by atoms with Gasteiger partial charge in [0.1, 0.15) is 5.78 Å². The Bertz CT molecular complexity index is 122. The molecule has 2 heteroatoms. The first-order valence-electron chi connectivity index (χ1n) is 3.99. The fourth-order valence-electron chi connectivity index (χ4n) is 1.30. The second-order valence-electron chi connectivity index (χ2n) is 2.98. The van der Waals surface area contributed by atoms with E-state index in [0.29, 0.717) is 11.0 Å². The summed E-state index contributed by atoms with van der Waals surface area (Å²) in [6, 6.07) is 0. The van der Waals surface area contributed by atoms with Crippen molar-refractivity contribution in [3.05, 3.63) is 0 Å². The number of rotatable bonds is 0. The van der Waals surface area contributed by atoms with Crippen molar-refractivity contribution in [3.63, 3.8) is 0 Å². The lowest BCUT2D eigenvalue weighted by atomic mass is 10.00. The van der Waals surface area contributed by atoms with Gasteiger partial charge in [-0.3, -0.25) is 4.79 Å². The van der Waals surface area contributed by atoms with E-state index in [-0.39, 0.29) is 0 Å². The van der Waals surface area contributed by atoms with Crippen molar-refractivity contribution in [2.75, 3.05) is 0 Å². The van der Waals surface area contributed by atoms with E-state index in [2.05, 4.69) is 12.6 Å².